The van der Waals surface area contributed by atoms with Gasteiger partial charge in [0.25, 0.3) is 0 Å². The number of rotatable bonds is 7. The van der Waals surface area contributed by atoms with E-state index < -0.39 is 0 Å². The van der Waals surface area contributed by atoms with Crippen LogP contribution in [-0.2, 0) is 0 Å². The minimum atomic E-state index is 0.239. The number of hydrogen-bond acceptors (Lipinski definition) is 4. The van der Waals surface area contributed by atoms with Crippen LogP contribution in [0.15, 0.2) is 0 Å². The molecule has 0 aromatic heterocycles. The molecule has 4 heteroatoms. The second-order valence-corrected chi connectivity index (χ2v) is 5.83. The maximum Gasteiger partial charge on any atom is 0.0585 e. The summed E-state index contributed by atoms with van der Waals surface area (Å²) in [6.07, 6.45) is 2.26. The van der Waals surface area contributed by atoms with Crippen LogP contribution in [-0.4, -0.2) is 72.9 Å². The molecule has 0 amide bonds. The lowest BCUT2D eigenvalue weighted by Crippen LogP contribution is -2.52. The Hall–Kier alpha value is -0.160. The third kappa shape index (κ3) is 5.22. The first-order chi connectivity index (χ1) is 8.56. The smallest absolute Gasteiger partial charge is 0.0585 e. The summed E-state index contributed by atoms with van der Waals surface area (Å²) in [4.78, 5) is 5.01. The Labute approximate surface area is 112 Å². The number of aliphatic hydroxyl groups excluding tert-OH is 1. The van der Waals surface area contributed by atoms with E-state index in [9.17, 15) is 5.11 Å². The molecule has 1 rings (SSSR count). The van der Waals surface area contributed by atoms with Crippen LogP contribution in [0.4, 0.5) is 0 Å². The second kappa shape index (κ2) is 8.10. The first-order valence-corrected chi connectivity index (χ1v) is 7.36. The van der Waals surface area contributed by atoms with Gasteiger partial charge >= 0.3 is 0 Å². The highest BCUT2D eigenvalue weighted by Gasteiger charge is 2.23. The Balaban J connectivity index is 2.29. The number of aliphatic hydroxyl groups is 1. The molecule has 2 N–H and O–H groups in total. The normalized spacial score (nSPS) is 24.7. The second-order valence-electron chi connectivity index (χ2n) is 5.83. The number of likely N-dealkylation sites (N-methyl/N-ethyl adjacent to an activating group) is 1. The van der Waals surface area contributed by atoms with Crippen molar-refractivity contribution in [2.24, 2.45) is 0 Å². The third-order valence-corrected chi connectivity index (χ3v) is 3.92. The zero-order chi connectivity index (χ0) is 13.5. The van der Waals surface area contributed by atoms with Gasteiger partial charge in [-0.05, 0) is 26.4 Å². The topological polar surface area (TPSA) is 38.7 Å². The van der Waals surface area contributed by atoms with Gasteiger partial charge in [0.1, 0.15) is 0 Å². The zero-order valence-corrected chi connectivity index (χ0v) is 12.5. The summed E-state index contributed by atoms with van der Waals surface area (Å²) >= 11 is 0. The highest BCUT2D eigenvalue weighted by Crippen LogP contribution is 2.11. The molecule has 0 aromatic carbocycles. The molecular formula is C14H31N3O. The van der Waals surface area contributed by atoms with Crippen molar-refractivity contribution >= 4 is 0 Å². The predicted molar refractivity (Wildman–Crippen MR) is 76.9 cm³/mol. The SMILES string of the molecule is CCC1CN(CCC(CO)NC(C)C)CCN1C. The molecule has 0 radical (unpaired) electrons. The van der Waals surface area contributed by atoms with E-state index in [4.69, 9.17) is 0 Å². The molecule has 18 heavy (non-hydrogen) atoms. The lowest BCUT2D eigenvalue weighted by atomic mass is 10.1. The average Bonchev–Trinajstić information content (AvgIpc) is 2.35. The molecule has 2 unspecified atom stereocenters. The Morgan fingerprint density at radius 1 is 1.33 bits per heavy atom. The van der Waals surface area contributed by atoms with E-state index in [1.54, 1.807) is 0 Å². The van der Waals surface area contributed by atoms with Crippen molar-refractivity contribution in [3.05, 3.63) is 0 Å². The summed E-state index contributed by atoms with van der Waals surface area (Å²) in [5.41, 5.74) is 0. The molecule has 2 atom stereocenters. The molecule has 0 saturated carbocycles. The van der Waals surface area contributed by atoms with E-state index in [0.717, 1.165) is 19.5 Å². The van der Waals surface area contributed by atoms with Crippen molar-refractivity contribution in [2.45, 2.75) is 51.7 Å². The third-order valence-electron chi connectivity index (χ3n) is 3.92. The van der Waals surface area contributed by atoms with Crippen molar-refractivity contribution in [3.8, 4) is 0 Å². The number of piperazine rings is 1. The molecule has 0 spiro atoms. The van der Waals surface area contributed by atoms with Crippen molar-refractivity contribution in [3.63, 3.8) is 0 Å². The zero-order valence-electron chi connectivity index (χ0n) is 12.5. The molecule has 1 aliphatic heterocycles. The van der Waals surface area contributed by atoms with Gasteiger partial charge in [-0.3, -0.25) is 0 Å². The molecule has 1 fully saturated rings. The Morgan fingerprint density at radius 2 is 2.06 bits per heavy atom. The lowest BCUT2D eigenvalue weighted by molar-refractivity contribution is 0.0871. The van der Waals surface area contributed by atoms with E-state index in [0.29, 0.717) is 12.1 Å². The summed E-state index contributed by atoms with van der Waals surface area (Å²) in [6.45, 7) is 11.4. The van der Waals surface area contributed by atoms with Gasteiger partial charge in [-0.25, -0.2) is 0 Å². The van der Waals surface area contributed by atoms with Gasteiger partial charge in [0.2, 0.25) is 0 Å². The molecule has 0 aliphatic carbocycles. The molecule has 108 valence electrons. The van der Waals surface area contributed by atoms with Gasteiger partial charge in [-0.15, -0.1) is 0 Å². The minimum Gasteiger partial charge on any atom is -0.395 e. The van der Waals surface area contributed by atoms with E-state index in [-0.39, 0.29) is 12.6 Å². The van der Waals surface area contributed by atoms with Gasteiger partial charge in [0.15, 0.2) is 0 Å². The van der Waals surface area contributed by atoms with Gasteiger partial charge < -0.3 is 20.2 Å². The van der Waals surface area contributed by atoms with Crippen molar-refractivity contribution < 1.29 is 5.11 Å². The molecular weight excluding hydrogens is 226 g/mol. The Bertz CT molecular complexity index is 223. The molecule has 0 aromatic rings. The predicted octanol–water partition coefficient (Wildman–Crippen LogP) is 0.761. The maximum absolute atomic E-state index is 9.36. The molecule has 1 saturated heterocycles. The Morgan fingerprint density at radius 3 is 2.61 bits per heavy atom. The summed E-state index contributed by atoms with van der Waals surface area (Å²) in [6, 6.07) is 1.38. The summed E-state index contributed by atoms with van der Waals surface area (Å²) in [5, 5.41) is 12.8. The summed E-state index contributed by atoms with van der Waals surface area (Å²) in [5.74, 6) is 0. The maximum atomic E-state index is 9.36. The first kappa shape index (κ1) is 15.9. The standard InChI is InChI=1S/C14H31N3O/c1-5-14-10-17(9-8-16(14)4)7-6-13(11-18)15-12(2)3/h12-15,18H,5-11H2,1-4H3. The van der Waals surface area contributed by atoms with E-state index in [2.05, 4.69) is 42.9 Å². The van der Waals surface area contributed by atoms with E-state index >= 15 is 0 Å². The molecule has 1 heterocycles. The monoisotopic (exact) mass is 257 g/mol. The van der Waals surface area contributed by atoms with Crippen molar-refractivity contribution in [1.29, 1.82) is 0 Å². The molecule has 0 bridgehead atoms. The van der Waals surface area contributed by atoms with E-state index in [1.165, 1.54) is 19.5 Å². The Kier molecular flexibility index (Phi) is 7.15. The number of nitrogens with zero attached hydrogens (tertiary/aromatic N) is 2. The molecule has 4 nitrogen and oxygen atoms in total. The van der Waals surface area contributed by atoms with Crippen LogP contribution in [0.3, 0.4) is 0 Å². The van der Waals surface area contributed by atoms with Crippen molar-refractivity contribution in [1.82, 2.24) is 15.1 Å². The van der Waals surface area contributed by atoms with Gasteiger partial charge in [-0.1, -0.05) is 20.8 Å². The van der Waals surface area contributed by atoms with Crippen LogP contribution in [0.2, 0.25) is 0 Å². The highest BCUT2D eigenvalue weighted by atomic mass is 16.3. The fourth-order valence-corrected chi connectivity index (χ4v) is 2.69. The van der Waals surface area contributed by atoms with Crippen LogP contribution in [0.1, 0.15) is 33.6 Å². The number of nitrogens with one attached hydrogen (secondary N) is 1. The largest absolute Gasteiger partial charge is 0.395 e. The fraction of sp³-hybridized carbons (Fsp3) is 1.00. The summed E-state index contributed by atoms with van der Waals surface area (Å²) in [7, 11) is 2.22. The fourth-order valence-electron chi connectivity index (χ4n) is 2.69. The van der Waals surface area contributed by atoms with Crippen LogP contribution >= 0.6 is 0 Å². The van der Waals surface area contributed by atoms with Crippen LogP contribution in [0.25, 0.3) is 0 Å². The summed E-state index contributed by atoms with van der Waals surface area (Å²) < 4.78 is 0. The van der Waals surface area contributed by atoms with Crippen LogP contribution in [0, 0.1) is 0 Å². The minimum absolute atomic E-state index is 0.239. The van der Waals surface area contributed by atoms with E-state index in [1.807, 2.05) is 0 Å². The number of hydrogen-bond donors (Lipinski definition) is 2. The van der Waals surface area contributed by atoms with Gasteiger partial charge in [-0.2, -0.15) is 0 Å². The van der Waals surface area contributed by atoms with Crippen LogP contribution < -0.4 is 5.32 Å². The van der Waals surface area contributed by atoms with Crippen molar-refractivity contribution in [2.75, 3.05) is 39.8 Å². The highest BCUT2D eigenvalue weighted by molar-refractivity contribution is 4.80. The quantitative estimate of drug-likeness (QED) is 0.706. The van der Waals surface area contributed by atoms with Gasteiger partial charge in [0, 0.05) is 37.8 Å². The lowest BCUT2D eigenvalue weighted by Gasteiger charge is -2.39. The van der Waals surface area contributed by atoms with Crippen LogP contribution in [0.5, 0.6) is 0 Å². The average molecular weight is 257 g/mol. The molecule has 1 aliphatic rings. The van der Waals surface area contributed by atoms with Gasteiger partial charge in [0.05, 0.1) is 6.61 Å². The first-order valence-electron chi connectivity index (χ1n) is 7.36.